The highest BCUT2D eigenvalue weighted by Crippen LogP contribution is 2.45. The number of aliphatic hydroxyl groups is 2. The van der Waals surface area contributed by atoms with E-state index in [0.717, 1.165) is 0 Å². The number of rotatable bonds is 10. The number of ether oxygens (including phenoxy) is 4. The Balaban J connectivity index is 2.29. The number of allylic oxidation sites excluding steroid dienone is 4. The Kier molecular flexibility index (Phi) is 11.1. The normalized spacial score (nSPS) is 16.5. The molecule has 1 aromatic carbocycles. The number of aliphatic hydroxyl groups excluding tert-OH is 2. The molecule has 3 rings (SSSR count). The molecule has 0 amide bonds. The van der Waals surface area contributed by atoms with Gasteiger partial charge in [0.15, 0.2) is 0 Å². The highest BCUT2D eigenvalue weighted by molar-refractivity contribution is 6.01. The van der Waals surface area contributed by atoms with Gasteiger partial charge in [0.05, 0.1) is 75.8 Å². The minimum Gasteiger partial charge on any atom is -0.466 e. The van der Waals surface area contributed by atoms with Crippen LogP contribution >= 0.6 is 0 Å². The van der Waals surface area contributed by atoms with E-state index in [-0.39, 0.29) is 48.6 Å². The standard InChI is InChI=1S/C32H40N2O10/c1-17-23(29(37)41-5)27(24(30(38)42-6)18(2)33(17)13-15-35)21-9-11-22(12-10-21)28-25(31(39)43-7)19(3)34(14-16-36)20(4)26(28)32(40)44-8/h9-12,27-28,35-36H,13-16H2,1-8H3. The second-order valence-corrected chi connectivity index (χ2v) is 10.2. The van der Waals surface area contributed by atoms with Crippen LogP contribution in [0.3, 0.4) is 0 Å². The van der Waals surface area contributed by atoms with Crippen molar-refractivity contribution in [2.45, 2.75) is 39.5 Å². The summed E-state index contributed by atoms with van der Waals surface area (Å²) in [6.07, 6.45) is 0. The molecule has 0 aromatic heterocycles. The molecule has 0 radical (unpaired) electrons. The van der Waals surface area contributed by atoms with Crippen molar-refractivity contribution in [2.24, 2.45) is 0 Å². The molecule has 0 saturated heterocycles. The lowest BCUT2D eigenvalue weighted by molar-refractivity contribution is -0.139. The Morgan fingerprint density at radius 3 is 0.955 bits per heavy atom. The van der Waals surface area contributed by atoms with Crippen LogP contribution in [-0.4, -0.2) is 98.6 Å². The molecular weight excluding hydrogens is 572 g/mol. The Morgan fingerprint density at radius 2 is 0.773 bits per heavy atom. The number of carbonyl (C=O) groups is 4. The summed E-state index contributed by atoms with van der Waals surface area (Å²) >= 11 is 0. The van der Waals surface area contributed by atoms with E-state index in [2.05, 4.69) is 0 Å². The topological polar surface area (TPSA) is 152 Å². The maximum absolute atomic E-state index is 13.2. The van der Waals surface area contributed by atoms with Gasteiger partial charge in [0.1, 0.15) is 0 Å². The average molecular weight is 613 g/mol. The van der Waals surface area contributed by atoms with E-state index in [4.69, 9.17) is 18.9 Å². The maximum atomic E-state index is 13.2. The number of β-amino-alcohol motifs (C(OH)–C–C–N with tert-alkyl or cyclic N) is 2. The molecular formula is C32H40N2O10. The first-order valence-corrected chi connectivity index (χ1v) is 14.0. The number of carbonyl (C=O) groups excluding carboxylic acids is 4. The number of benzene rings is 1. The van der Waals surface area contributed by atoms with Gasteiger partial charge in [-0.25, -0.2) is 19.2 Å². The van der Waals surface area contributed by atoms with Crippen molar-refractivity contribution in [3.05, 3.63) is 80.5 Å². The summed E-state index contributed by atoms with van der Waals surface area (Å²) in [6.45, 7) is 6.70. The Bertz CT molecular complexity index is 1260. The quantitative estimate of drug-likeness (QED) is 0.294. The molecule has 0 bridgehead atoms. The lowest BCUT2D eigenvalue weighted by Crippen LogP contribution is -2.36. The molecule has 2 aliphatic rings. The lowest BCUT2D eigenvalue weighted by atomic mass is 9.77. The van der Waals surface area contributed by atoms with E-state index in [1.165, 1.54) is 28.4 Å². The summed E-state index contributed by atoms with van der Waals surface area (Å²) in [5, 5.41) is 19.4. The van der Waals surface area contributed by atoms with Gasteiger partial charge in [-0.05, 0) is 38.8 Å². The smallest absolute Gasteiger partial charge is 0.336 e. The van der Waals surface area contributed by atoms with E-state index in [1.54, 1.807) is 61.8 Å². The highest BCUT2D eigenvalue weighted by atomic mass is 16.5. The first-order valence-electron chi connectivity index (χ1n) is 14.0. The molecule has 12 heteroatoms. The summed E-state index contributed by atoms with van der Waals surface area (Å²) in [7, 11) is 4.99. The van der Waals surface area contributed by atoms with Crippen molar-refractivity contribution in [3.63, 3.8) is 0 Å². The summed E-state index contributed by atoms with van der Waals surface area (Å²) in [5.74, 6) is -4.35. The second-order valence-electron chi connectivity index (χ2n) is 10.2. The van der Waals surface area contributed by atoms with Gasteiger partial charge in [0.25, 0.3) is 0 Å². The fourth-order valence-electron chi connectivity index (χ4n) is 6.13. The fraction of sp³-hybridized carbons (Fsp3) is 0.438. The molecule has 2 heterocycles. The molecule has 0 fully saturated rings. The summed E-state index contributed by atoms with van der Waals surface area (Å²) in [6, 6.07) is 6.84. The van der Waals surface area contributed by atoms with Gasteiger partial charge in [0, 0.05) is 35.9 Å². The van der Waals surface area contributed by atoms with Gasteiger partial charge in [-0.3, -0.25) is 0 Å². The van der Waals surface area contributed by atoms with Crippen molar-refractivity contribution in [1.29, 1.82) is 0 Å². The van der Waals surface area contributed by atoms with Crippen LogP contribution in [0.25, 0.3) is 0 Å². The molecule has 1 aromatic rings. The largest absolute Gasteiger partial charge is 0.466 e. The molecule has 0 unspecified atom stereocenters. The lowest BCUT2D eigenvalue weighted by Gasteiger charge is -2.38. The van der Waals surface area contributed by atoms with Gasteiger partial charge in [-0.1, -0.05) is 24.3 Å². The van der Waals surface area contributed by atoms with Crippen LogP contribution in [0.15, 0.2) is 69.3 Å². The molecule has 0 aliphatic carbocycles. The second kappa shape index (κ2) is 14.4. The van der Waals surface area contributed by atoms with Crippen molar-refractivity contribution < 1.29 is 48.3 Å². The minimum absolute atomic E-state index is 0.142. The van der Waals surface area contributed by atoms with Crippen LogP contribution in [-0.2, 0) is 38.1 Å². The van der Waals surface area contributed by atoms with E-state index in [0.29, 0.717) is 33.9 Å². The van der Waals surface area contributed by atoms with Crippen LogP contribution in [0.5, 0.6) is 0 Å². The fourth-order valence-corrected chi connectivity index (χ4v) is 6.13. The molecule has 0 saturated carbocycles. The van der Waals surface area contributed by atoms with Gasteiger partial charge in [0.2, 0.25) is 0 Å². The highest BCUT2D eigenvalue weighted by Gasteiger charge is 2.42. The molecule has 238 valence electrons. The molecule has 0 atom stereocenters. The van der Waals surface area contributed by atoms with Crippen molar-refractivity contribution >= 4 is 23.9 Å². The summed E-state index contributed by atoms with van der Waals surface area (Å²) in [4.78, 5) is 56.0. The number of methoxy groups -OCH3 is 4. The SMILES string of the molecule is COC(=O)C1=C(C)N(CCO)C(C)=C(C(=O)OC)C1c1ccc(C2C(C(=O)OC)=C(C)N(CCO)C(C)=C2C(=O)OC)cc1. The van der Waals surface area contributed by atoms with E-state index < -0.39 is 35.7 Å². The van der Waals surface area contributed by atoms with Crippen molar-refractivity contribution in [2.75, 3.05) is 54.7 Å². The zero-order valence-corrected chi connectivity index (χ0v) is 26.3. The molecule has 2 aliphatic heterocycles. The van der Waals surface area contributed by atoms with Gasteiger partial charge in [-0.2, -0.15) is 0 Å². The Morgan fingerprint density at radius 1 is 0.545 bits per heavy atom. The number of hydrogen-bond acceptors (Lipinski definition) is 12. The predicted molar refractivity (Wildman–Crippen MR) is 158 cm³/mol. The number of nitrogens with zero attached hydrogens (tertiary/aromatic N) is 2. The van der Waals surface area contributed by atoms with Gasteiger partial charge in [-0.15, -0.1) is 0 Å². The molecule has 2 N–H and O–H groups in total. The predicted octanol–water partition coefficient (Wildman–Crippen LogP) is 2.26. The van der Waals surface area contributed by atoms with E-state index in [9.17, 15) is 29.4 Å². The molecule has 44 heavy (non-hydrogen) atoms. The Hall–Kier alpha value is -4.42. The third-order valence-corrected chi connectivity index (χ3v) is 8.20. The summed E-state index contributed by atoms with van der Waals surface area (Å²) in [5.41, 5.74) is 3.97. The molecule has 12 nitrogen and oxygen atoms in total. The molecule has 0 spiro atoms. The van der Waals surface area contributed by atoms with Crippen molar-refractivity contribution in [1.82, 2.24) is 9.80 Å². The minimum atomic E-state index is -0.875. The van der Waals surface area contributed by atoms with Crippen LogP contribution in [0.1, 0.15) is 50.7 Å². The van der Waals surface area contributed by atoms with E-state index >= 15 is 0 Å². The van der Waals surface area contributed by atoms with Crippen LogP contribution < -0.4 is 0 Å². The first kappa shape index (κ1) is 34.1. The van der Waals surface area contributed by atoms with Gasteiger partial charge >= 0.3 is 23.9 Å². The zero-order chi connectivity index (χ0) is 32.9. The van der Waals surface area contributed by atoms with Crippen LogP contribution in [0.2, 0.25) is 0 Å². The number of hydrogen-bond donors (Lipinski definition) is 2. The van der Waals surface area contributed by atoms with E-state index in [1.807, 2.05) is 0 Å². The van der Waals surface area contributed by atoms with Crippen LogP contribution in [0.4, 0.5) is 0 Å². The summed E-state index contributed by atoms with van der Waals surface area (Å²) < 4.78 is 20.5. The maximum Gasteiger partial charge on any atom is 0.336 e. The first-order chi connectivity index (χ1) is 20.9. The number of esters is 4. The Labute approximate surface area is 256 Å². The zero-order valence-electron chi connectivity index (χ0n) is 26.3. The third kappa shape index (κ3) is 6.00. The monoisotopic (exact) mass is 612 g/mol. The van der Waals surface area contributed by atoms with Gasteiger partial charge < -0.3 is 39.0 Å². The third-order valence-electron chi connectivity index (χ3n) is 8.20. The van der Waals surface area contributed by atoms with Crippen LogP contribution in [0, 0.1) is 0 Å². The average Bonchev–Trinajstić information content (AvgIpc) is 3.03. The van der Waals surface area contributed by atoms with Crippen molar-refractivity contribution in [3.8, 4) is 0 Å².